The van der Waals surface area contributed by atoms with Gasteiger partial charge in [0.1, 0.15) is 22.8 Å². The first-order chi connectivity index (χ1) is 19.2. The first-order valence-electron chi connectivity index (χ1n) is 14.3. The van der Waals surface area contributed by atoms with Crippen LogP contribution < -0.4 is 16.0 Å². The maximum atomic E-state index is 14.1. The van der Waals surface area contributed by atoms with Crippen molar-refractivity contribution in [3.63, 3.8) is 0 Å². The van der Waals surface area contributed by atoms with Crippen LogP contribution in [0.5, 0.6) is 5.75 Å². The number of rotatable bonds is 9. The number of likely N-dealkylation sites (N-methyl/N-ethyl adjacent to an activating group) is 1. The molecule has 226 valence electrons. The third-order valence-electron chi connectivity index (χ3n) is 9.28. The lowest BCUT2D eigenvalue weighted by molar-refractivity contribution is -0.203. The monoisotopic (exact) mass is 572 g/mol. The first-order valence-corrected chi connectivity index (χ1v) is 14.3. The fraction of sp³-hybridized carbons (Fsp3) is 0.600. The normalized spacial score (nSPS) is 25.4. The number of carbonyl (C=O) groups excluding carboxylic acids is 2. The number of phenolic OH excluding ortho intramolecular Hbond substituents is 1. The Morgan fingerprint density at radius 1 is 1.15 bits per heavy atom. The summed E-state index contributed by atoms with van der Waals surface area (Å²) in [5, 5.41) is 59.6. The molecule has 3 aliphatic rings. The fourth-order valence-corrected chi connectivity index (χ4v) is 7.18. The Balaban J connectivity index is 1.84. The molecule has 1 saturated carbocycles. The number of fused-ring (bicyclic) bond motifs is 3. The molecule has 0 heterocycles. The van der Waals surface area contributed by atoms with Crippen molar-refractivity contribution in [1.29, 1.82) is 0 Å². The number of Topliss-reactive ketones (excluding diaryl/α,β-unsaturated/α-hetero) is 1. The molecule has 0 bridgehead atoms. The highest BCUT2D eigenvalue weighted by Gasteiger charge is 2.62. The Morgan fingerprint density at radius 3 is 2.32 bits per heavy atom. The van der Waals surface area contributed by atoms with E-state index in [4.69, 9.17) is 5.73 Å². The Hall–Kier alpha value is -3.12. The summed E-state index contributed by atoms with van der Waals surface area (Å²) < 4.78 is 0. The molecular weight excluding hydrogens is 528 g/mol. The van der Waals surface area contributed by atoms with Crippen LogP contribution in [0, 0.1) is 23.7 Å². The molecule has 1 fully saturated rings. The quantitative estimate of drug-likeness (QED) is 0.215. The highest BCUT2D eigenvalue weighted by molar-refractivity contribution is 6.08. The topological polar surface area (TPSA) is 180 Å². The van der Waals surface area contributed by atoms with Gasteiger partial charge in [0.25, 0.3) is 5.91 Å². The molecule has 4 rings (SSSR count). The van der Waals surface area contributed by atoms with Gasteiger partial charge in [-0.1, -0.05) is 26.7 Å². The van der Waals surface area contributed by atoms with Gasteiger partial charge in [-0.15, -0.1) is 0 Å². The lowest BCUT2D eigenvalue weighted by Crippen LogP contribution is -2.62. The molecule has 8 N–H and O–H groups in total. The number of aliphatic hydroxyl groups is 4. The van der Waals surface area contributed by atoms with Gasteiger partial charge in [-0.25, -0.2) is 0 Å². The summed E-state index contributed by atoms with van der Waals surface area (Å²) in [5.74, 6) is -8.54. The molecule has 3 aliphatic carbocycles. The minimum absolute atomic E-state index is 0.0175. The molecule has 41 heavy (non-hydrogen) atoms. The van der Waals surface area contributed by atoms with Crippen LogP contribution in [-0.4, -0.2) is 88.7 Å². The zero-order valence-electron chi connectivity index (χ0n) is 24.7. The van der Waals surface area contributed by atoms with Gasteiger partial charge in [0, 0.05) is 37.5 Å². The van der Waals surface area contributed by atoms with E-state index in [1.807, 2.05) is 25.1 Å². The lowest BCUT2D eigenvalue weighted by Gasteiger charge is -2.51. The number of hydrogen-bond acceptors (Lipinski definition) is 10. The molecular formula is C30H44N4O7. The zero-order valence-corrected chi connectivity index (χ0v) is 24.7. The van der Waals surface area contributed by atoms with Crippen molar-refractivity contribution in [3.05, 3.63) is 39.7 Å². The average Bonchev–Trinajstić information content (AvgIpc) is 2.86. The number of nitrogens with two attached hydrogens (primary N) is 1. The molecule has 4 atom stereocenters. The predicted molar refractivity (Wildman–Crippen MR) is 155 cm³/mol. The molecule has 0 saturated heterocycles. The number of hydrogen-bond donors (Lipinski definition) is 7. The van der Waals surface area contributed by atoms with Crippen LogP contribution in [0.3, 0.4) is 0 Å². The van der Waals surface area contributed by atoms with Crippen LogP contribution in [0.15, 0.2) is 23.0 Å². The number of nitrogens with zero attached hydrogens (tertiary/aromatic N) is 2. The highest BCUT2D eigenvalue weighted by atomic mass is 16.5. The van der Waals surface area contributed by atoms with Crippen molar-refractivity contribution >= 4 is 23.1 Å². The molecule has 3 unspecified atom stereocenters. The molecule has 1 amide bonds. The van der Waals surface area contributed by atoms with Crippen LogP contribution in [0.4, 0.5) is 5.69 Å². The van der Waals surface area contributed by atoms with Crippen LogP contribution >= 0.6 is 0 Å². The number of allylic oxidation sites excluding steroid dienone is 1. The van der Waals surface area contributed by atoms with Crippen LogP contribution in [-0.2, 0) is 22.6 Å². The lowest BCUT2D eigenvalue weighted by atomic mass is 9.58. The minimum atomic E-state index is -3.04. The summed E-state index contributed by atoms with van der Waals surface area (Å²) in [6.45, 7) is 5.38. The molecule has 11 nitrogen and oxygen atoms in total. The largest absolute Gasteiger partial charge is 0.510 e. The number of aromatic hydroxyl groups is 1. The third kappa shape index (κ3) is 4.98. The van der Waals surface area contributed by atoms with Gasteiger partial charge in [-0.3, -0.25) is 14.5 Å². The van der Waals surface area contributed by atoms with Crippen molar-refractivity contribution in [2.75, 3.05) is 39.6 Å². The number of carbonyl (C=O) groups is 2. The molecule has 0 aromatic heterocycles. The second kappa shape index (κ2) is 11.3. The summed E-state index contributed by atoms with van der Waals surface area (Å²) in [6.07, 6.45) is 2.57. The van der Waals surface area contributed by atoms with E-state index in [2.05, 4.69) is 19.2 Å². The minimum Gasteiger partial charge on any atom is -0.510 e. The molecule has 0 spiro atoms. The number of anilines is 1. The van der Waals surface area contributed by atoms with Gasteiger partial charge in [0.2, 0.25) is 5.79 Å². The van der Waals surface area contributed by atoms with Gasteiger partial charge < -0.3 is 41.5 Å². The number of aliphatic hydroxyl groups excluding tert-OH is 2. The summed E-state index contributed by atoms with van der Waals surface area (Å²) >= 11 is 0. The van der Waals surface area contributed by atoms with E-state index < -0.39 is 58.4 Å². The number of ketones is 1. The van der Waals surface area contributed by atoms with Gasteiger partial charge in [-0.05, 0) is 62.9 Å². The van der Waals surface area contributed by atoms with Crippen molar-refractivity contribution in [2.24, 2.45) is 29.4 Å². The Kier molecular flexibility index (Phi) is 8.48. The number of phenols is 1. The molecule has 0 aliphatic heterocycles. The van der Waals surface area contributed by atoms with Crippen LogP contribution in [0.1, 0.15) is 49.8 Å². The standard InChI is InChI=1S/C30H44N4O7/c1-7-14(8-2)12-32-13-16-11-19(33(3)4)17-9-15-10-18-22(27(37)20(15)26(36)21(17)25(16)35)30(40,41)23(29(31)39)28(38)24(18)34(5)6/h11,14-15,18,22,24,32,35-36,38,40-41H,7-10,12-13H2,1-6H3,(H2,31,39)/t15?,18?,22?,24-/m1/s1. The van der Waals surface area contributed by atoms with E-state index in [1.54, 1.807) is 19.0 Å². The Bertz CT molecular complexity index is 1300. The second-order valence-electron chi connectivity index (χ2n) is 12.1. The van der Waals surface area contributed by atoms with Crippen molar-refractivity contribution in [2.45, 2.75) is 57.9 Å². The molecule has 1 aromatic rings. The molecule has 1 aromatic carbocycles. The van der Waals surface area contributed by atoms with Crippen molar-refractivity contribution in [3.8, 4) is 5.75 Å². The average molecular weight is 573 g/mol. The highest BCUT2D eigenvalue weighted by Crippen LogP contribution is 2.54. The smallest absolute Gasteiger partial charge is 0.253 e. The fourth-order valence-electron chi connectivity index (χ4n) is 7.18. The van der Waals surface area contributed by atoms with E-state index in [-0.39, 0.29) is 23.3 Å². The van der Waals surface area contributed by atoms with E-state index >= 15 is 0 Å². The maximum absolute atomic E-state index is 14.1. The van der Waals surface area contributed by atoms with Crippen molar-refractivity contribution < 1.29 is 35.1 Å². The van der Waals surface area contributed by atoms with E-state index in [1.165, 1.54) is 0 Å². The zero-order chi connectivity index (χ0) is 30.5. The molecule has 0 radical (unpaired) electrons. The van der Waals surface area contributed by atoms with E-state index in [0.29, 0.717) is 30.0 Å². The van der Waals surface area contributed by atoms with Crippen LogP contribution in [0.2, 0.25) is 0 Å². The van der Waals surface area contributed by atoms with Gasteiger partial charge in [0.05, 0.1) is 17.5 Å². The number of amides is 1. The summed E-state index contributed by atoms with van der Waals surface area (Å²) in [6, 6.07) is 1.01. The van der Waals surface area contributed by atoms with Gasteiger partial charge in [-0.2, -0.15) is 0 Å². The predicted octanol–water partition coefficient (Wildman–Crippen LogP) is 1.55. The van der Waals surface area contributed by atoms with Gasteiger partial charge >= 0.3 is 0 Å². The number of nitrogens with one attached hydrogen (secondary N) is 1. The Morgan fingerprint density at radius 2 is 1.78 bits per heavy atom. The third-order valence-corrected chi connectivity index (χ3v) is 9.28. The SMILES string of the molecule is CCC(CC)CNCc1cc(N(C)C)c2c(c1O)C(O)=C1C(=O)C3C(CC1C2)[C@@H](N(C)C)C(O)=C(C(N)=O)C3(O)O. The van der Waals surface area contributed by atoms with Crippen molar-refractivity contribution in [1.82, 2.24) is 10.2 Å². The van der Waals surface area contributed by atoms with Crippen LogP contribution in [0.25, 0.3) is 5.76 Å². The maximum Gasteiger partial charge on any atom is 0.253 e. The van der Waals surface area contributed by atoms with Gasteiger partial charge in [0.15, 0.2) is 5.78 Å². The summed E-state index contributed by atoms with van der Waals surface area (Å²) in [5.41, 5.74) is 6.79. The van der Waals surface area contributed by atoms with E-state index in [9.17, 15) is 35.1 Å². The Labute approximate surface area is 240 Å². The number of benzene rings is 1. The summed E-state index contributed by atoms with van der Waals surface area (Å²) in [7, 11) is 7.05. The molecule has 11 heteroatoms. The summed E-state index contributed by atoms with van der Waals surface area (Å²) in [4.78, 5) is 29.8. The van der Waals surface area contributed by atoms with E-state index in [0.717, 1.165) is 25.1 Å². The first kappa shape index (κ1) is 30.8. The number of primary amides is 1. The second-order valence-corrected chi connectivity index (χ2v) is 12.1.